The van der Waals surface area contributed by atoms with Gasteiger partial charge in [-0.25, -0.2) is 0 Å². The minimum Gasteiger partial charge on any atom is -1.00 e. The van der Waals surface area contributed by atoms with Crippen molar-refractivity contribution in [1.29, 1.82) is 0 Å². The molecule has 0 aliphatic rings. The van der Waals surface area contributed by atoms with Crippen LogP contribution in [0.1, 0.15) is 0 Å². The predicted molar refractivity (Wildman–Crippen MR) is 101 cm³/mol. The fourth-order valence-corrected chi connectivity index (χ4v) is 3.06. The highest BCUT2D eigenvalue weighted by Gasteiger charge is 2.30. The Hall–Kier alpha value is -0.680. The minimum atomic E-state index is 0. The van der Waals surface area contributed by atoms with E-state index in [2.05, 4.69) is 39.5 Å². The molecular weight excluding hydrogens is 428 g/mol. The second-order valence-corrected chi connectivity index (χ2v) is 5.96. The van der Waals surface area contributed by atoms with Crippen molar-refractivity contribution < 1.29 is 42.9 Å². The van der Waals surface area contributed by atoms with Crippen molar-refractivity contribution in [1.82, 2.24) is 0 Å². The molecule has 0 radical (unpaired) electrons. The zero-order valence-electron chi connectivity index (χ0n) is 15.0. The van der Waals surface area contributed by atoms with Gasteiger partial charge >= 0.3 is 0 Å². The zero-order chi connectivity index (χ0) is 16.9. The molecule has 0 atom stereocenters. The van der Waals surface area contributed by atoms with Gasteiger partial charge in [-0.2, -0.15) is 0 Å². The summed E-state index contributed by atoms with van der Waals surface area (Å²) < 4.78 is 1.84. The topological polar surface area (TPSA) is 0 Å². The number of nitrogens with zero attached hydrogens (tertiary/aromatic N) is 2. The summed E-state index contributed by atoms with van der Waals surface area (Å²) in [5.41, 5.74) is 0. The van der Waals surface area contributed by atoms with Crippen LogP contribution in [0.15, 0.2) is 75.9 Å². The molecular formula is C20H34Br2N2. The molecule has 24 heavy (non-hydrogen) atoms. The molecule has 0 saturated heterocycles. The molecule has 0 aliphatic carbocycles. The lowest BCUT2D eigenvalue weighted by Gasteiger charge is -2.42. The van der Waals surface area contributed by atoms with E-state index in [-0.39, 0.29) is 34.0 Å². The third-order valence-electron chi connectivity index (χ3n) is 4.15. The maximum Gasteiger partial charge on any atom is 0.129 e. The van der Waals surface area contributed by atoms with Gasteiger partial charge in [0.15, 0.2) is 0 Å². The van der Waals surface area contributed by atoms with Gasteiger partial charge in [0.05, 0.1) is 39.3 Å². The molecule has 0 amide bonds. The van der Waals surface area contributed by atoms with Crippen molar-refractivity contribution in [3.63, 3.8) is 0 Å². The van der Waals surface area contributed by atoms with Crippen LogP contribution in [0.3, 0.4) is 0 Å². The molecule has 0 saturated carbocycles. The second-order valence-electron chi connectivity index (χ2n) is 5.96. The molecule has 0 unspecified atom stereocenters. The van der Waals surface area contributed by atoms with Gasteiger partial charge in [-0.3, -0.25) is 0 Å². The fourth-order valence-electron chi connectivity index (χ4n) is 3.06. The highest BCUT2D eigenvalue weighted by atomic mass is 79.9. The maximum absolute atomic E-state index is 3.93. The molecule has 0 spiro atoms. The zero-order valence-corrected chi connectivity index (χ0v) is 18.2. The Labute approximate surface area is 171 Å². The molecule has 0 aliphatic heterocycles. The summed E-state index contributed by atoms with van der Waals surface area (Å²) >= 11 is 0. The number of rotatable bonds is 15. The molecule has 0 rings (SSSR count). The maximum atomic E-state index is 3.93. The van der Waals surface area contributed by atoms with Crippen molar-refractivity contribution >= 4 is 0 Å². The molecule has 4 heteroatoms. The Kier molecular flexibility index (Phi) is 18.6. The van der Waals surface area contributed by atoms with Crippen LogP contribution < -0.4 is 34.0 Å². The Balaban J connectivity index is -0.00000220. The van der Waals surface area contributed by atoms with Gasteiger partial charge in [-0.1, -0.05) is 39.5 Å². The predicted octanol–water partition coefficient (Wildman–Crippen LogP) is -2.26. The molecule has 0 heterocycles. The highest BCUT2D eigenvalue weighted by Crippen LogP contribution is 2.14. The Bertz CT molecular complexity index is 311. The lowest BCUT2D eigenvalue weighted by atomic mass is 10.2. The van der Waals surface area contributed by atoms with Crippen LogP contribution in [0.5, 0.6) is 0 Å². The lowest BCUT2D eigenvalue weighted by molar-refractivity contribution is -0.966. The van der Waals surface area contributed by atoms with E-state index < -0.39 is 0 Å². The standard InChI is InChI=1S/C20H34N2.2BrH/c1-7-13-21(14-8-2,15-9-3)19-20-22(16-10-4,17-11-5)18-12-6;;/h7-12H,1-6,13-20H2;2*1H/q+2;;/p-2. The summed E-state index contributed by atoms with van der Waals surface area (Å²) in [6.07, 6.45) is 12.0. The Morgan fingerprint density at radius 3 is 0.708 bits per heavy atom. The Morgan fingerprint density at radius 2 is 0.583 bits per heavy atom. The summed E-state index contributed by atoms with van der Waals surface area (Å²) in [5, 5.41) is 0. The molecule has 0 fully saturated rings. The summed E-state index contributed by atoms with van der Waals surface area (Å²) in [4.78, 5) is 0. The van der Waals surface area contributed by atoms with Crippen LogP contribution in [0.25, 0.3) is 0 Å². The molecule has 0 aromatic rings. The summed E-state index contributed by atoms with van der Waals surface area (Å²) in [6, 6.07) is 0. The third kappa shape index (κ3) is 9.58. The first kappa shape index (κ1) is 28.1. The van der Waals surface area contributed by atoms with Crippen LogP contribution in [-0.4, -0.2) is 61.3 Å². The van der Waals surface area contributed by atoms with Crippen LogP contribution in [0.2, 0.25) is 0 Å². The summed E-state index contributed by atoms with van der Waals surface area (Å²) in [5.74, 6) is 0. The van der Waals surface area contributed by atoms with E-state index in [1.807, 2.05) is 36.5 Å². The quantitative estimate of drug-likeness (QED) is 0.191. The largest absolute Gasteiger partial charge is 1.00 e. The SMILES string of the molecule is C=CC[N+](CC=C)(CC=C)CC[N+](CC=C)(CC=C)CC=C.[Br-].[Br-]. The molecule has 0 aromatic heterocycles. The van der Waals surface area contributed by atoms with Gasteiger partial charge in [0.25, 0.3) is 0 Å². The average molecular weight is 462 g/mol. The summed E-state index contributed by atoms with van der Waals surface area (Å²) in [6.45, 7) is 31.2. The molecule has 0 aromatic carbocycles. The van der Waals surface area contributed by atoms with E-state index in [1.54, 1.807) is 0 Å². The van der Waals surface area contributed by atoms with E-state index in [1.165, 1.54) is 0 Å². The number of quaternary nitrogens is 2. The van der Waals surface area contributed by atoms with E-state index in [0.29, 0.717) is 0 Å². The normalized spacial score (nSPS) is 10.5. The number of halogens is 2. The van der Waals surface area contributed by atoms with Gasteiger partial charge in [0.1, 0.15) is 13.1 Å². The number of hydrogen-bond acceptors (Lipinski definition) is 0. The fraction of sp³-hybridized carbons (Fsp3) is 0.400. The van der Waals surface area contributed by atoms with E-state index >= 15 is 0 Å². The molecule has 2 nitrogen and oxygen atoms in total. The monoisotopic (exact) mass is 460 g/mol. The van der Waals surface area contributed by atoms with Crippen molar-refractivity contribution in [3.8, 4) is 0 Å². The first-order chi connectivity index (χ1) is 10.6. The van der Waals surface area contributed by atoms with Crippen molar-refractivity contribution in [3.05, 3.63) is 75.9 Å². The van der Waals surface area contributed by atoms with Gasteiger partial charge in [-0.05, 0) is 36.5 Å². The van der Waals surface area contributed by atoms with Gasteiger partial charge in [0, 0.05) is 0 Å². The highest BCUT2D eigenvalue weighted by molar-refractivity contribution is 4.79. The summed E-state index contributed by atoms with van der Waals surface area (Å²) in [7, 11) is 0. The number of hydrogen-bond donors (Lipinski definition) is 0. The van der Waals surface area contributed by atoms with Crippen LogP contribution in [0.4, 0.5) is 0 Å². The molecule has 0 N–H and O–H groups in total. The van der Waals surface area contributed by atoms with Gasteiger partial charge in [0.2, 0.25) is 0 Å². The average Bonchev–Trinajstić information content (AvgIpc) is 2.47. The van der Waals surface area contributed by atoms with Gasteiger partial charge < -0.3 is 42.9 Å². The van der Waals surface area contributed by atoms with E-state index in [9.17, 15) is 0 Å². The first-order valence-corrected chi connectivity index (χ1v) is 7.93. The van der Waals surface area contributed by atoms with E-state index in [0.717, 1.165) is 61.3 Å². The van der Waals surface area contributed by atoms with Gasteiger partial charge in [-0.15, -0.1) is 0 Å². The second kappa shape index (κ2) is 15.8. The van der Waals surface area contributed by atoms with Crippen molar-refractivity contribution in [2.75, 3.05) is 52.4 Å². The van der Waals surface area contributed by atoms with E-state index in [4.69, 9.17) is 0 Å². The minimum absolute atomic E-state index is 0. The van der Waals surface area contributed by atoms with Crippen molar-refractivity contribution in [2.45, 2.75) is 0 Å². The Morgan fingerprint density at radius 1 is 0.417 bits per heavy atom. The van der Waals surface area contributed by atoms with Crippen LogP contribution >= 0.6 is 0 Å². The molecule has 138 valence electrons. The third-order valence-corrected chi connectivity index (χ3v) is 4.15. The molecule has 0 bridgehead atoms. The van der Waals surface area contributed by atoms with Crippen molar-refractivity contribution in [2.24, 2.45) is 0 Å². The van der Waals surface area contributed by atoms with Crippen LogP contribution in [-0.2, 0) is 0 Å². The van der Waals surface area contributed by atoms with Crippen LogP contribution in [0, 0.1) is 0 Å². The first-order valence-electron chi connectivity index (χ1n) is 7.93. The lowest BCUT2D eigenvalue weighted by Crippen LogP contribution is -3.00. The smallest absolute Gasteiger partial charge is 0.129 e.